The normalized spacial score (nSPS) is 23.3. The van der Waals surface area contributed by atoms with E-state index in [0.29, 0.717) is 18.4 Å². The Morgan fingerprint density at radius 2 is 1.91 bits per heavy atom. The lowest BCUT2D eigenvalue weighted by atomic mass is 9.82. The van der Waals surface area contributed by atoms with Crippen LogP contribution in [0.4, 0.5) is 0 Å². The summed E-state index contributed by atoms with van der Waals surface area (Å²) in [6.07, 6.45) is 7.42. The molecule has 0 amide bonds. The SMILES string of the molecule is CC1(C)COC(/C(=C/c2ccccc2)C(O)C2CCCCC2)=N1. The monoisotopic (exact) mass is 313 g/mol. The number of ether oxygens (including phenoxy) is 1. The fraction of sp³-hybridized carbons (Fsp3) is 0.550. The van der Waals surface area contributed by atoms with Gasteiger partial charge in [-0.1, -0.05) is 49.6 Å². The molecule has 1 aliphatic heterocycles. The van der Waals surface area contributed by atoms with Crippen LogP contribution in [0.3, 0.4) is 0 Å². The number of aliphatic hydroxyl groups is 1. The molecular formula is C20H27NO2. The van der Waals surface area contributed by atoms with E-state index < -0.39 is 6.10 Å². The van der Waals surface area contributed by atoms with E-state index in [1.54, 1.807) is 0 Å². The molecule has 0 spiro atoms. The summed E-state index contributed by atoms with van der Waals surface area (Å²) < 4.78 is 5.84. The van der Waals surface area contributed by atoms with Crippen molar-refractivity contribution in [2.75, 3.05) is 6.61 Å². The van der Waals surface area contributed by atoms with Gasteiger partial charge in [-0.2, -0.15) is 0 Å². The number of benzene rings is 1. The number of aliphatic hydroxyl groups excluding tert-OH is 1. The van der Waals surface area contributed by atoms with Gasteiger partial charge in [-0.15, -0.1) is 0 Å². The summed E-state index contributed by atoms with van der Waals surface area (Å²) in [7, 11) is 0. The summed E-state index contributed by atoms with van der Waals surface area (Å²) in [4.78, 5) is 4.70. The van der Waals surface area contributed by atoms with E-state index in [0.717, 1.165) is 24.0 Å². The first-order valence-electron chi connectivity index (χ1n) is 8.73. The standard InChI is InChI=1S/C20H27NO2/c1-20(2)14-23-19(21-20)17(13-15-9-5-3-6-10-15)18(22)16-11-7-4-8-12-16/h3,5-6,9-10,13,16,18,22H,4,7-8,11-12,14H2,1-2H3/b17-13+. The van der Waals surface area contributed by atoms with Crippen LogP contribution in [0.5, 0.6) is 0 Å². The Labute approximate surface area is 139 Å². The number of hydrogen-bond acceptors (Lipinski definition) is 3. The van der Waals surface area contributed by atoms with Crippen LogP contribution in [0, 0.1) is 5.92 Å². The average molecular weight is 313 g/mol. The summed E-state index contributed by atoms with van der Waals surface area (Å²) in [5.74, 6) is 0.936. The smallest absolute Gasteiger partial charge is 0.215 e. The van der Waals surface area contributed by atoms with Crippen LogP contribution in [-0.4, -0.2) is 29.3 Å². The Bertz CT molecular complexity index is 583. The zero-order valence-electron chi connectivity index (χ0n) is 14.2. The van der Waals surface area contributed by atoms with Gasteiger partial charge >= 0.3 is 0 Å². The van der Waals surface area contributed by atoms with Gasteiger partial charge in [0.05, 0.1) is 11.6 Å². The Kier molecular flexibility index (Phi) is 4.86. The number of hydrogen-bond donors (Lipinski definition) is 1. The minimum atomic E-state index is -0.497. The highest BCUT2D eigenvalue weighted by Crippen LogP contribution is 2.32. The molecule has 1 aromatic carbocycles. The Morgan fingerprint density at radius 3 is 2.52 bits per heavy atom. The third kappa shape index (κ3) is 4.03. The summed E-state index contributed by atoms with van der Waals surface area (Å²) in [5, 5.41) is 11.0. The van der Waals surface area contributed by atoms with Crippen molar-refractivity contribution in [3.63, 3.8) is 0 Å². The second-order valence-corrected chi connectivity index (χ2v) is 7.37. The third-order valence-corrected chi connectivity index (χ3v) is 4.75. The van der Waals surface area contributed by atoms with E-state index in [2.05, 4.69) is 13.8 Å². The van der Waals surface area contributed by atoms with Crippen molar-refractivity contribution in [1.29, 1.82) is 0 Å². The minimum absolute atomic E-state index is 0.211. The highest BCUT2D eigenvalue weighted by molar-refractivity contribution is 6.00. The maximum Gasteiger partial charge on any atom is 0.215 e. The van der Waals surface area contributed by atoms with Crippen molar-refractivity contribution in [3.05, 3.63) is 41.5 Å². The van der Waals surface area contributed by atoms with Crippen LogP contribution in [0.2, 0.25) is 0 Å². The Morgan fingerprint density at radius 1 is 1.22 bits per heavy atom. The van der Waals surface area contributed by atoms with Crippen molar-refractivity contribution in [2.45, 2.75) is 57.6 Å². The van der Waals surface area contributed by atoms with Crippen LogP contribution in [0.1, 0.15) is 51.5 Å². The van der Waals surface area contributed by atoms with Crippen LogP contribution in [-0.2, 0) is 4.74 Å². The van der Waals surface area contributed by atoms with Gasteiger partial charge in [0.25, 0.3) is 0 Å². The molecular weight excluding hydrogens is 286 g/mol. The highest BCUT2D eigenvalue weighted by Gasteiger charge is 2.33. The van der Waals surface area contributed by atoms with Crippen molar-refractivity contribution in [3.8, 4) is 0 Å². The molecule has 3 nitrogen and oxygen atoms in total. The molecule has 2 aliphatic rings. The molecule has 1 fully saturated rings. The van der Waals surface area contributed by atoms with Crippen LogP contribution in [0.15, 0.2) is 40.9 Å². The molecule has 1 unspecified atom stereocenters. The molecule has 1 heterocycles. The van der Waals surface area contributed by atoms with Gasteiger partial charge in [0.15, 0.2) is 0 Å². The number of nitrogens with zero attached hydrogens (tertiary/aromatic N) is 1. The molecule has 23 heavy (non-hydrogen) atoms. The van der Waals surface area contributed by atoms with Gasteiger partial charge in [0.1, 0.15) is 6.61 Å². The van der Waals surface area contributed by atoms with Gasteiger partial charge in [0.2, 0.25) is 5.90 Å². The third-order valence-electron chi connectivity index (χ3n) is 4.75. The predicted molar refractivity (Wildman–Crippen MR) is 94.5 cm³/mol. The fourth-order valence-electron chi connectivity index (χ4n) is 3.44. The molecule has 3 rings (SSSR count). The molecule has 0 saturated heterocycles. The maximum absolute atomic E-state index is 11.0. The van der Waals surface area contributed by atoms with Crippen LogP contribution in [0.25, 0.3) is 6.08 Å². The molecule has 0 bridgehead atoms. The van der Waals surface area contributed by atoms with E-state index in [4.69, 9.17) is 9.73 Å². The van der Waals surface area contributed by atoms with Gasteiger partial charge in [-0.05, 0) is 44.2 Å². The average Bonchev–Trinajstić information content (AvgIpc) is 2.93. The van der Waals surface area contributed by atoms with E-state index in [1.807, 2.05) is 36.4 Å². The fourth-order valence-corrected chi connectivity index (χ4v) is 3.44. The van der Waals surface area contributed by atoms with Gasteiger partial charge in [-0.3, -0.25) is 0 Å². The summed E-state index contributed by atoms with van der Waals surface area (Å²) >= 11 is 0. The molecule has 0 radical (unpaired) electrons. The molecule has 1 aliphatic carbocycles. The molecule has 124 valence electrons. The van der Waals surface area contributed by atoms with Gasteiger partial charge in [0, 0.05) is 5.57 Å². The molecule has 0 aromatic heterocycles. The molecule has 1 atom stereocenters. The molecule has 1 saturated carbocycles. The first-order chi connectivity index (χ1) is 11.1. The van der Waals surface area contributed by atoms with Gasteiger partial charge < -0.3 is 9.84 Å². The lowest BCUT2D eigenvalue weighted by Crippen LogP contribution is -2.28. The molecule has 1 N–H and O–H groups in total. The summed E-state index contributed by atoms with van der Waals surface area (Å²) in [6, 6.07) is 10.1. The molecule has 3 heteroatoms. The predicted octanol–water partition coefficient (Wildman–Crippen LogP) is 4.22. The zero-order valence-corrected chi connectivity index (χ0v) is 14.2. The zero-order chi connectivity index (χ0) is 16.3. The lowest BCUT2D eigenvalue weighted by Gasteiger charge is -2.28. The van der Waals surface area contributed by atoms with Crippen molar-refractivity contribution in [2.24, 2.45) is 10.9 Å². The quantitative estimate of drug-likeness (QED) is 0.904. The first kappa shape index (κ1) is 16.3. The van der Waals surface area contributed by atoms with E-state index in [9.17, 15) is 5.11 Å². The first-order valence-corrected chi connectivity index (χ1v) is 8.73. The topological polar surface area (TPSA) is 41.8 Å². The van der Waals surface area contributed by atoms with E-state index >= 15 is 0 Å². The van der Waals surface area contributed by atoms with Crippen molar-refractivity contribution < 1.29 is 9.84 Å². The summed E-state index contributed by atoms with van der Waals surface area (Å²) in [5.41, 5.74) is 1.71. The largest absolute Gasteiger partial charge is 0.475 e. The minimum Gasteiger partial charge on any atom is -0.475 e. The molecule has 1 aromatic rings. The lowest BCUT2D eigenvalue weighted by molar-refractivity contribution is 0.118. The Balaban J connectivity index is 1.92. The summed E-state index contributed by atoms with van der Waals surface area (Å²) in [6.45, 7) is 4.70. The van der Waals surface area contributed by atoms with Crippen molar-refractivity contribution >= 4 is 12.0 Å². The van der Waals surface area contributed by atoms with Crippen molar-refractivity contribution in [1.82, 2.24) is 0 Å². The van der Waals surface area contributed by atoms with Gasteiger partial charge in [-0.25, -0.2) is 4.99 Å². The number of rotatable bonds is 4. The highest BCUT2D eigenvalue weighted by atomic mass is 16.5. The van der Waals surface area contributed by atoms with Crippen LogP contribution < -0.4 is 0 Å². The second kappa shape index (κ2) is 6.88. The van der Waals surface area contributed by atoms with E-state index in [1.165, 1.54) is 19.3 Å². The maximum atomic E-state index is 11.0. The number of aliphatic imine (C=N–C) groups is 1. The van der Waals surface area contributed by atoms with Crippen LogP contribution >= 0.6 is 0 Å². The van der Waals surface area contributed by atoms with E-state index in [-0.39, 0.29) is 5.54 Å². The Hall–Kier alpha value is -1.61. The second-order valence-electron chi connectivity index (χ2n) is 7.37.